The predicted octanol–water partition coefficient (Wildman–Crippen LogP) is 4.14. The van der Waals surface area contributed by atoms with E-state index in [0.29, 0.717) is 0 Å². The third-order valence-corrected chi connectivity index (χ3v) is 8.64. The first kappa shape index (κ1) is 14.5. The molecule has 0 unspecified atom stereocenters. The van der Waals surface area contributed by atoms with Crippen molar-refractivity contribution in [2.45, 2.75) is 76.4 Å². The van der Waals surface area contributed by atoms with Gasteiger partial charge in [0.15, 0.2) is 8.32 Å². The summed E-state index contributed by atoms with van der Waals surface area (Å²) in [5, 5.41) is 0.254. The van der Waals surface area contributed by atoms with Crippen LogP contribution in [0.1, 0.15) is 40.5 Å². The molecule has 0 saturated carbocycles. The van der Waals surface area contributed by atoms with Crippen LogP contribution in [0.3, 0.4) is 0 Å². The number of hydrogen-bond acceptors (Lipinski definition) is 2. The lowest BCUT2D eigenvalue weighted by atomic mass is 10.1. The van der Waals surface area contributed by atoms with E-state index >= 15 is 0 Å². The molecule has 0 bridgehead atoms. The van der Waals surface area contributed by atoms with E-state index < -0.39 is 8.32 Å². The maximum absolute atomic E-state index is 6.36. The molecule has 3 atom stereocenters. The maximum atomic E-state index is 6.36. The van der Waals surface area contributed by atoms with Gasteiger partial charge in [0, 0.05) is 0 Å². The minimum Gasteiger partial charge on any atom is -0.411 e. The lowest BCUT2D eigenvalue weighted by molar-refractivity contribution is -0.0735. The zero-order chi connectivity index (χ0) is 12.6. The molecule has 0 spiro atoms. The van der Waals surface area contributed by atoms with Gasteiger partial charge in [-0.15, -0.1) is 0 Å². The maximum Gasteiger partial charge on any atom is 0.192 e. The molecule has 0 aromatic carbocycles. The standard InChI is InChI=1S/C12H25ClO2Si/c1-9-10(7-8-11(13)14-9)15-16(5,6)12(2,3)4/h9-11H,7-8H2,1-6H3/t9-,10-,11+/m0/s1. The van der Waals surface area contributed by atoms with Crippen molar-refractivity contribution in [3.8, 4) is 0 Å². The Labute approximate surface area is 106 Å². The van der Waals surface area contributed by atoms with Gasteiger partial charge in [0.05, 0.1) is 12.2 Å². The van der Waals surface area contributed by atoms with Gasteiger partial charge in [-0.05, 0) is 37.9 Å². The molecule has 1 heterocycles. The first-order chi connectivity index (χ1) is 7.13. The normalized spacial score (nSPS) is 32.8. The number of alkyl halides is 1. The molecule has 1 aliphatic heterocycles. The summed E-state index contributed by atoms with van der Waals surface area (Å²) in [6.07, 6.45) is 2.24. The van der Waals surface area contributed by atoms with E-state index in [9.17, 15) is 0 Å². The Hall–Kier alpha value is 0.427. The average molecular weight is 265 g/mol. The summed E-state index contributed by atoms with van der Waals surface area (Å²) < 4.78 is 12.0. The minimum absolute atomic E-state index is 0.116. The van der Waals surface area contributed by atoms with Gasteiger partial charge in [0.2, 0.25) is 0 Å². The van der Waals surface area contributed by atoms with Crippen molar-refractivity contribution < 1.29 is 9.16 Å². The molecule has 4 heteroatoms. The number of ether oxygens (including phenoxy) is 1. The highest BCUT2D eigenvalue weighted by atomic mass is 35.5. The van der Waals surface area contributed by atoms with E-state index in [2.05, 4.69) is 40.8 Å². The second kappa shape index (κ2) is 4.97. The van der Waals surface area contributed by atoms with Crippen molar-refractivity contribution in [2.75, 3.05) is 0 Å². The molecule has 0 N–H and O–H groups in total. The van der Waals surface area contributed by atoms with Gasteiger partial charge in [0.25, 0.3) is 0 Å². The highest BCUT2D eigenvalue weighted by molar-refractivity contribution is 6.74. The van der Waals surface area contributed by atoms with Crippen LogP contribution in [0, 0.1) is 0 Å². The number of hydrogen-bond donors (Lipinski definition) is 0. The van der Waals surface area contributed by atoms with Crippen LogP contribution in [0.2, 0.25) is 18.1 Å². The van der Waals surface area contributed by atoms with E-state index in [4.69, 9.17) is 20.8 Å². The summed E-state index contributed by atoms with van der Waals surface area (Å²) in [5.41, 5.74) is -0.130. The molecule has 1 fully saturated rings. The van der Waals surface area contributed by atoms with E-state index in [1.54, 1.807) is 0 Å². The minimum atomic E-state index is -1.68. The van der Waals surface area contributed by atoms with Gasteiger partial charge in [-0.3, -0.25) is 0 Å². The third kappa shape index (κ3) is 3.46. The van der Waals surface area contributed by atoms with Crippen molar-refractivity contribution in [1.82, 2.24) is 0 Å². The Morgan fingerprint density at radius 1 is 1.25 bits per heavy atom. The third-order valence-electron chi connectivity index (χ3n) is 3.82. The zero-order valence-electron chi connectivity index (χ0n) is 11.3. The molecule has 2 nitrogen and oxygen atoms in total. The van der Waals surface area contributed by atoms with Gasteiger partial charge in [-0.25, -0.2) is 0 Å². The molecular weight excluding hydrogens is 240 g/mol. The van der Waals surface area contributed by atoms with Crippen LogP contribution in [-0.4, -0.2) is 26.1 Å². The van der Waals surface area contributed by atoms with Crippen molar-refractivity contribution >= 4 is 19.9 Å². The van der Waals surface area contributed by atoms with Crippen LogP contribution in [0.5, 0.6) is 0 Å². The van der Waals surface area contributed by atoms with Crippen molar-refractivity contribution in [3.05, 3.63) is 0 Å². The van der Waals surface area contributed by atoms with Crippen molar-refractivity contribution in [3.63, 3.8) is 0 Å². The smallest absolute Gasteiger partial charge is 0.192 e. The van der Waals surface area contributed by atoms with Crippen LogP contribution in [0.15, 0.2) is 0 Å². The molecule has 0 radical (unpaired) electrons. The summed E-state index contributed by atoms with van der Waals surface area (Å²) >= 11 is 5.97. The van der Waals surface area contributed by atoms with Gasteiger partial charge in [-0.1, -0.05) is 32.4 Å². The second-order valence-electron chi connectivity index (χ2n) is 6.25. The van der Waals surface area contributed by atoms with E-state index in [1.807, 2.05) is 0 Å². The molecule has 16 heavy (non-hydrogen) atoms. The molecule has 1 aliphatic rings. The SMILES string of the molecule is C[C@@H]1O[C@@H](Cl)CC[C@@H]1O[Si](C)(C)C(C)(C)C. The molecule has 0 aromatic heterocycles. The van der Waals surface area contributed by atoms with Crippen molar-refractivity contribution in [1.29, 1.82) is 0 Å². The molecule has 1 saturated heterocycles. The van der Waals surface area contributed by atoms with E-state index in [0.717, 1.165) is 12.8 Å². The summed E-state index contributed by atoms with van der Waals surface area (Å²) in [6.45, 7) is 13.4. The Balaban J connectivity index is 2.60. The molecule has 96 valence electrons. The van der Waals surface area contributed by atoms with Crippen molar-refractivity contribution in [2.24, 2.45) is 0 Å². The van der Waals surface area contributed by atoms with Gasteiger partial charge in [-0.2, -0.15) is 0 Å². The van der Waals surface area contributed by atoms with E-state index in [-0.39, 0.29) is 22.8 Å². The fourth-order valence-corrected chi connectivity index (χ4v) is 3.34. The Morgan fingerprint density at radius 2 is 1.81 bits per heavy atom. The molecule has 0 aliphatic carbocycles. The highest BCUT2D eigenvalue weighted by Gasteiger charge is 2.41. The fourth-order valence-electron chi connectivity index (χ4n) is 1.63. The van der Waals surface area contributed by atoms with Crippen LogP contribution in [0.25, 0.3) is 0 Å². The molecule has 1 rings (SSSR count). The van der Waals surface area contributed by atoms with Gasteiger partial charge >= 0.3 is 0 Å². The first-order valence-electron chi connectivity index (χ1n) is 6.11. The van der Waals surface area contributed by atoms with E-state index in [1.165, 1.54) is 0 Å². The highest BCUT2D eigenvalue weighted by Crippen LogP contribution is 2.39. The summed E-state index contributed by atoms with van der Waals surface area (Å²) in [5.74, 6) is 0. The van der Waals surface area contributed by atoms with Crippen LogP contribution < -0.4 is 0 Å². The summed E-state index contributed by atoms with van der Waals surface area (Å²) in [7, 11) is -1.68. The van der Waals surface area contributed by atoms with Crippen LogP contribution >= 0.6 is 11.6 Å². The molecule has 0 aromatic rings. The predicted molar refractivity (Wildman–Crippen MR) is 71.5 cm³/mol. The Kier molecular flexibility index (Phi) is 4.50. The second-order valence-corrected chi connectivity index (χ2v) is 11.5. The van der Waals surface area contributed by atoms with Gasteiger partial charge < -0.3 is 9.16 Å². The van der Waals surface area contributed by atoms with Crippen LogP contribution in [0.4, 0.5) is 0 Å². The zero-order valence-corrected chi connectivity index (χ0v) is 13.1. The Bertz CT molecular complexity index is 238. The number of halogens is 1. The Morgan fingerprint density at radius 3 is 2.25 bits per heavy atom. The lowest BCUT2D eigenvalue weighted by Crippen LogP contribution is -2.49. The summed E-state index contributed by atoms with van der Waals surface area (Å²) in [6, 6.07) is 0. The summed E-state index contributed by atoms with van der Waals surface area (Å²) in [4.78, 5) is 0. The number of rotatable bonds is 2. The molecule has 0 amide bonds. The monoisotopic (exact) mass is 264 g/mol. The average Bonchev–Trinajstić information content (AvgIpc) is 2.08. The van der Waals surface area contributed by atoms with Crippen LogP contribution in [-0.2, 0) is 9.16 Å². The largest absolute Gasteiger partial charge is 0.411 e. The fraction of sp³-hybridized carbons (Fsp3) is 1.00. The lowest BCUT2D eigenvalue weighted by Gasteiger charge is -2.42. The first-order valence-corrected chi connectivity index (χ1v) is 9.45. The van der Waals surface area contributed by atoms with Gasteiger partial charge in [0.1, 0.15) is 5.56 Å². The molecular formula is C12H25ClO2Si. The topological polar surface area (TPSA) is 18.5 Å². The quantitative estimate of drug-likeness (QED) is 0.551.